The zero-order valence-corrected chi connectivity index (χ0v) is 32.5. The van der Waals surface area contributed by atoms with E-state index >= 15 is 4.39 Å². The number of benzene rings is 1. The number of halogens is 1. The number of carbonyl (C=O) groups excluding carboxylic acids is 3. The number of nitrogens with zero attached hydrogens (tertiary/aromatic N) is 6. The van der Waals surface area contributed by atoms with Crippen LogP contribution in [0.2, 0.25) is 0 Å². The molecule has 0 bridgehead atoms. The molecule has 0 radical (unpaired) electrons. The maximum Gasteiger partial charge on any atom is 0.259 e. The molecular formula is C43H53FN8O4. The lowest BCUT2D eigenvalue weighted by Gasteiger charge is -2.44. The van der Waals surface area contributed by atoms with E-state index in [9.17, 15) is 19.5 Å². The van der Waals surface area contributed by atoms with Gasteiger partial charge in [0.05, 0.1) is 23.4 Å². The molecule has 3 amide bonds. The summed E-state index contributed by atoms with van der Waals surface area (Å²) in [5.41, 5.74) is 3.76. The average molecular weight is 765 g/mol. The lowest BCUT2D eigenvalue weighted by Crippen LogP contribution is -2.51. The summed E-state index contributed by atoms with van der Waals surface area (Å²) in [6, 6.07) is 12.4. The Kier molecular flexibility index (Phi) is 10.8. The molecule has 1 saturated carbocycles. The Hall–Kier alpha value is -4.91. The van der Waals surface area contributed by atoms with E-state index in [1.54, 1.807) is 13.1 Å². The molecule has 3 N–H and O–H groups in total. The number of hydrogen-bond donors (Lipinski definition) is 3. The molecule has 56 heavy (non-hydrogen) atoms. The van der Waals surface area contributed by atoms with Crippen LogP contribution in [-0.4, -0.2) is 99.9 Å². The number of alkyl halides is 1. The van der Waals surface area contributed by atoms with Gasteiger partial charge in [-0.25, -0.2) is 19.4 Å². The second-order valence-corrected chi connectivity index (χ2v) is 16.5. The highest BCUT2D eigenvalue weighted by Gasteiger charge is 2.43. The summed E-state index contributed by atoms with van der Waals surface area (Å²) in [7, 11) is 0. The Morgan fingerprint density at radius 1 is 0.964 bits per heavy atom. The number of likely N-dealkylation sites (tertiary alicyclic amines) is 1. The van der Waals surface area contributed by atoms with E-state index in [4.69, 9.17) is 4.99 Å². The first kappa shape index (κ1) is 38.0. The number of rotatable bonds is 8. The molecule has 2 atom stereocenters. The first-order valence-corrected chi connectivity index (χ1v) is 20.4. The highest BCUT2D eigenvalue weighted by molar-refractivity contribution is 6.09. The van der Waals surface area contributed by atoms with Gasteiger partial charge in [0, 0.05) is 56.5 Å². The van der Waals surface area contributed by atoms with Crippen molar-refractivity contribution in [3.05, 3.63) is 76.2 Å². The number of carbonyl (C=O) groups is 3. The third-order valence-electron chi connectivity index (χ3n) is 13.0. The summed E-state index contributed by atoms with van der Waals surface area (Å²) in [5.74, 6) is 0.122. The maximum atomic E-state index is 16.0. The van der Waals surface area contributed by atoms with Crippen LogP contribution in [0, 0.1) is 0 Å². The van der Waals surface area contributed by atoms with Crippen LogP contribution in [0.4, 0.5) is 15.9 Å². The number of anilines is 2. The van der Waals surface area contributed by atoms with E-state index in [0.29, 0.717) is 67.5 Å². The van der Waals surface area contributed by atoms with Gasteiger partial charge in [0.2, 0.25) is 17.8 Å². The van der Waals surface area contributed by atoms with Crippen LogP contribution in [0.15, 0.2) is 75.1 Å². The monoisotopic (exact) mass is 764 g/mol. The second kappa shape index (κ2) is 15.9. The van der Waals surface area contributed by atoms with E-state index in [2.05, 4.69) is 36.5 Å². The van der Waals surface area contributed by atoms with Crippen LogP contribution in [0.5, 0.6) is 0 Å². The fraction of sp³-hybridized carbons (Fsp3) is 0.535. The van der Waals surface area contributed by atoms with Crippen molar-refractivity contribution < 1.29 is 23.9 Å². The number of aryl methyl sites for hydroxylation is 1. The van der Waals surface area contributed by atoms with Crippen molar-refractivity contribution in [2.24, 2.45) is 9.98 Å². The number of aliphatic hydroxyl groups is 1. The van der Waals surface area contributed by atoms with Gasteiger partial charge in [0.15, 0.2) is 6.17 Å². The van der Waals surface area contributed by atoms with Crippen molar-refractivity contribution in [3.8, 4) is 0 Å². The fourth-order valence-corrected chi connectivity index (χ4v) is 9.59. The lowest BCUT2D eigenvalue weighted by molar-refractivity contribution is -0.134. The van der Waals surface area contributed by atoms with Crippen LogP contribution < -0.4 is 15.5 Å². The van der Waals surface area contributed by atoms with Crippen molar-refractivity contribution in [2.75, 3.05) is 36.4 Å². The molecule has 6 aliphatic rings. The minimum atomic E-state index is -1.17. The number of nitrogens with one attached hydrogen (secondary N) is 2. The number of fused-ring (bicyclic) bond motifs is 1. The predicted molar refractivity (Wildman–Crippen MR) is 214 cm³/mol. The van der Waals surface area contributed by atoms with Crippen LogP contribution in [0.25, 0.3) is 0 Å². The topological polar surface area (TPSA) is 143 Å². The molecular weight excluding hydrogens is 712 g/mol. The number of aromatic nitrogens is 1. The maximum absolute atomic E-state index is 16.0. The number of aliphatic hydroxyl groups excluding tert-OH is 1. The van der Waals surface area contributed by atoms with Gasteiger partial charge in [-0.3, -0.25) is 19.7 Å². The molecule has 1 aliphatic carbocycles. The minimum Gasteiger partial charge on any atom is -0.512 e. The summed E-state index contributed by atoms with van der Waals surface area (Å²) in [6.45, 7) is 6.77. The van der Waals surface area contributed by atoms with Gasteiger partial charge in [-0.1, -0.05) is 37.1 Å². The van der Waals surface area contributed by atoms with E-state index in [1.165, 1.54) is 0 Å². The number of aliphatic imine (C=N–C) groups is 2. The van der Waals surface area contributed by atoms with Crippen molar-refractivity contribution in [2.45, 2.75) is 121 Å². The predicted octanol–water partition coefficient (Wildman–Crippen LogP) is 6.12. The Labute approximate surface area is 328 Å². The van der Waals surface area contributed by atoms with E-state index in [0.717, 1.165) is 87.1 Å². The first-order chi connectivity index (χ1) is 27.0. The lowest BCUT2D eigenvalue weighted by atomic mass is 9.85. The summed E-state index contributed by atoms with van der Waals surface area (Å²) < 4.78 is 16.0. The molecule has 12 nitrogen and oxygen atoms in total. The van der Waals surface area contributed by atoms with E-state index in [1.807, 2.05) is 48.4 Å². The second-order valence-electron chi connectivity index (χ2n) is 16.5. The molecule has 6 heterocycles. The summed E-state index contributed by atoms with van der Waals surface area (Å²) >= 11 is 0. The summed E-state index contributed by atoms with van der Waals surface area (Å²) in [6.07, 6.45) is 12.3. The largest absolute Gasteiger partial charge is 0.512 e. The molecule has 0 spiro atoms. The number of pyridine rings is 1. The van der Waals surface area contributed by atoms with Crippen molar-refractivity contribution in [1.29, 1.82) is 0 Å². The quantitative estimate of drug-likeness (QED) is 0.166. The van der Waals surface area contributed by atoms with Crippen molar-refractivity contribution >= 4 is 41.4 Å². The Morgan fingerprint density at radius 2 is 1.70 bits per heavy atom. The first-order valence-electron chi connectivity index (χ1n) is 20.4. The number of piperidine rings is 3. The molecule has 296 valence electrons. The SMILES string of the molecule is CC1=C2C=NC(Nc3ccc(N4CCC(N5CCC(F)(CCc6ccc(C7CCC(=O)NC7=O)cc6)CC5)CC4)cn3)=NC2N(C2CCCC2)C(=O)/C1=C(\C)O. The molecule has 2 unspecified atom stereocenters. The summed E-state index contributed by atoms with van der Waals surface area (Å²) in [5, 5.41) is 16.1. The van der Waals surface area contributed by atoms with E-state index in [-0.39, 0.29) is 35.4 Å². The van der Waals surface area contributed by atoms with Gasteiger partial charge in [0.25, 0.3) is 5.91 Å². The molecule has 8 rings (SSSR count). The normalized spacial score (nSPS) is 26.0. The molecule has 1 aromatic carbocycles. The van der Waals surface area contributed by atoms with Gasteiger partial charge in [-0.2, -0.15) is 0 Å². The standard InChI is InChI=1S/C43H53FN8O4/c1-27-35-26-46-42(49-39(35)52(32-5-3-4-6-32)41(56)38(27)28(2)53)47-36-13-11-33(25-45-36)50-21-16-31(17-22-50)51-23-19-43(44,20-24-51)18-15-29-7-9-30(10-8-29)34-12-14-37(54)48-40(34)55/h7-11,13,25-26,31-32,34,39,53H,3-6,12,14-24H2,1-2H3,(H,45,47,49)(H,48,54,55)/b38-28+. The Balaban J connectivity index is 0.807. The van der Waals surface area contributed by atoms with Gasteiger partial charge in [-0.05, 0) is 100 Å². The van der Waals surface area contributed by atoms with Crippen molar-refractivity contribution in [1.82, 2.24) is 20.1 Å². The smallest absolute Gasteiger partial charge is 0.259 e. The number of hydrogen-bond acceptors (Lipinski definition) is 10. The average Bonchev–Trinajstić information content (AvgIpc) is 3.73. The zero-order chi connectivity index (χ0) is 39.0. The van der Waals surface area contributed by atoms with Gasteiger partial charge < -0.3 is 25.1 Å². The molecule has 13 heteroatoms. The molecule has 1 aromatic heterocycles. The fourth-order valence-electron chi connectivity index (χ4n) is 9.59. The van der Waals surface area contributed by atoms with Crippen LogP contribution >= 0.6 is 0 Å². The van der Waals surface area contributed by atoms with E-state index < -0.39 is 11.8 Å². The molecule has 3 saturated heterocycles. The van der Waals surface area contributed by atoms with Crippen molar-refractivity contribution in [3.63, 3.8) is 0 Å². The van der Waals surface area contributed by atoms with Crippen LogP contribution in [0.1, 0.15) is 102 Å². The number of guanidine groups is 1. The molecule has 4 fully saturated rings. The number of amides is 3. The summed E-state index contributed by atoms with van der Waals surface area (Å²) in [4.78, 5) is 58.2. The molecule has 5 aliphatic heterocycles. The zero-order valence-electron chi connectivity index (χ0n) is 32.5. The third-order valence-corrected chi connectivity index (χ3v) is 13.0. The van der Waals surface area contributed by atoms with Crippen LogP contribution in [-0.2, 0) is 20.8 Å². The minimum absolute atomic E-state index is 0.0216. The third kappa shape index (κ3) is 7.87. The number of imide groups is 1. The van der Waals surface area contributed by atoms with Crippen LogP contribution in [0.3, 0.4) is 0 Å². The highest BCUT2D eigenvalue weighted by atomic mass is 19.1. The Morgan fingerprint density at radius 3 is 2.36 bits per heavy atom. The van der Waals surface area contributed by atoms with Gasteiger partial charge >= 0.3 is 0 Å². The van der Waals surface area contributed by atoms with Gasteiger partial charge in [0.1, 0.15) is 17.2 Å². The number of allylic oxidation sites excluding steroid dienone is 1. The Bertz CT molecular complexity index is 1950. The van der Waals surface area contributed by atoms with Gasteiger partial charge in [-0.15, -0.1) is 0 Å². The highest BCUT2D eigenvalue weighted by Crippen LogP contribution is 2.38. The molecule has 2 aromatic rings.